The summed E-state index contributed by atoms with van der Waals surface area (Å²) in [6.45, 7) is 2.88. The Bertz CT molecular complexity index is 1550. The van der Waals surface area contributed by atoms with Crippen molar-refractivity contribution in [3.63, 3.8) is 0 Å². The van der Waals surface area contributed by atoms with Gasteiger partial charge in [0.25, 0.3) is 0 Å². The van der Waals surface area contributed by atoms with E-state index in [2.05, 4.69) is 14.8 Å². The molecule has 3 aromatic heterocycles. The van der Waals surface area contributed by atoms with Crippen LogP contribution in [-0.2, 0) is 10.0 Å². The van der Waals surface area contributed by atoms with Crippen molar-refractivity contribution in [2.24, 2.45) is 0 Å². The van der Waals surface area contributed by atoms with E-state index < -0.39 is 10.0 Å². The summed E-state index contributed by atoms with van der Waals surface area (Å²) in [5.41, 5.74) is 3.18. The molecule has 2 aliphatic rings. The largest absolute Gasteiger partial charge is 0.354 e. The molecule has 0 spiro atoms. The quantitative estimate of drug-likeness (QED) is 0.398. The van der Waals surface area contributed by atoms with Crippen molar-refractivity contribution in [2.75, 3.05) is 48.8 Å². The number of sulfonamides is 1. The lowest BCUT2D eigenvalue weighted by atomic mass is 10.0. The van der Waals surface area contributed by atoms with Gasteiger partial charge in [0.1, 0.15) is 23.1 Å². The molecular formula is C26H28FN7O2S. The van der Waals surface area contributed by atoms with E-state index in [0.29, 0.717) is 31.8 Å². The lowest BCUT2D eigenvalue weighted by Crippen LogP contribution is -2.48. The summed E-state index contributed by atoms with van der Waals surface area (Å²) >= 11 is 0. The zero-order valence-corrected chi connectivity index (χ0v) is 21.4. The van der Waals surface area contributed by atoms with Gasteiger partial charge in [-0.3, -0.25) is 0 Å². The molecule has 1 unspecified atom stereocenters. The van der Waals surface area contributed by atoms with E-state index in [1.807, 2.05) is 40.9 Å². The summed E-state index contributed by atoms with van der Waals surface area (Å²) in [5.74, 6) is 1.38. The molecule has 37 heavy (non-hydrogen) atoms. The van der Waals surface area contributed by atoms with E-state index >= 15 is 0 Å². The third-order valence-corrected chi connectivity index (χ3v) is 8.46. The van der Waals surface area contributed by atoms with E-state index in [-0.39, 0.29) is 11.9 Å². The number of imidazole rings is 1. The number of hydrogen-bond donors (Lipinski definition) is 0. The van der Waals surface area contributed by atoms with Crippen LogP contribution in [0, 0.1) is 5.82 Å². The predicted molar refractivity (Wildman–Crippen MR) is 141 cm³/mol. The van der Waals surface area contributed by atoms with Crippen LogP contribution in [0.15, 0.2) is 60.8 Å². The second kappa shape index (κ2) is 9.38. The Morgan fingerprint density at radius 2 is 1.76 bits per heavy atom. The molecule has 1 atom stereocenters. The van der Waals surface area contributed by atoms with Gasteiger partial charge in [-0.05, 0) is 54.8 Å². The number of pyridine rings is 1. The Kier molecular flexibility index (Phi) is 6.04. The van der Waals surface area contributed by atoms with Crippen molar-refractivity contribution in [1.82, 2.24) is 23.9 Å². The van der Waals surface area contributed by atoms with Crippen LogP contribution in [0.3, 0.4) is 0 Å². The summed E-state index contributed by atoms with van der Waals surface area (Å²) in [5, 5.41) is 4.93. The molecular weight excluding hydrogens is 493 g/mol. The topological polar surface area (TPSA) is 86.9 Å². The molecule has 0 aliphatic carbocycles. The second-order valence-corrected chi connectivity index (χ2v) is 11.5. The van der Waals surface area contributed by atoms with E-state index in [9.17, 15) is 12.8 Å². The summed E-state index contributed by atoms with van der Waals surface area (Å²) in [4.78, 5) is 13.7. The first kappa shape index (κ1) is 23.8. The normalized spacial score (nSPS) is 19.1. The van der Waals surface area contributed by atoms with Crippen LogP contribution in [0.25, 0.3) is 17.0 Å². The molecule has 2 aliphatic heterocycles. The first-order valence-electron chi connectivity index (χ1n) is 12.4. The van der Waals surface area contributed by atoms with E-state index in [0.717, 1.165) is 48.0 Å². The minimum Gasteiger partial charge on any atom is -0.354 e. The number of rotatable bonds is 5. The number of halogens is 1. The van der Waals surface area contributed by atoms with Crippen molar-refractivity contribution < 1.29 is 12.8 Å². The van der Waals surface area contributed by atoms with E-state index in [4.69, 9.17) is 10.1 Å². The molecule has 6 rings (SSSR count). The first-order chi connectivity index (χ1) is 17.9. The number of aromatic nitrogens is 4. The lowest BCUT2D eigenvalue weighted by molar-refractivity contribution is 0.387. The Labute approximate surface area is 215 Å². The standard InChI is InChI=1S/C26H28FN7O2S/c1-37(35,36)32-15-13-31(14-16-32)25-9-3-7-21(29-25)23-18-28-24-10-11-26(30-34(23)24)33-12-4-8-22(33)19-5-2-6-20(27)17-19/h2-3,5-7,9-11,17-18,22H,4,8,12-16H2,1H3. The van der Waals surface area contributed by atoms with E-state index in [1.165, 1.54) is 16.6 Å². The van der Waals surface area contributed by atoms with Crippen LogP contribution in [0.5, 0.6) is 0 Å². The van der Waals surface area contributed by atoms with Gasteiger partial charge in [-0.25, -0.2) is 27.3 Å². The summed E-state index contributed by atoms with van der Waals surface area (Å²) in [7, 11) is -3.19. The molecule has 5 heterocycles. The number of anilines is 2. The van der Waals surface area contributed by atoms with Crippen molar-refractivity contribution in [1.29, 1.82) is 0 Å². The van der Waals surface area contributed by atoms with Crippen molar-refractivity contribution in [3.05, 3.63) is 72.2 Å². The zero-order chi connectivity index (χ0) is 25.6. The highest BCUT2D eigenvalue weighted by Crippen LogP contribution is 2.35. The van der Waals surface area contributed by atoms with Gasteiger partial charge in [0.15, 0.2) is 5.65 Å². The smallest absolute Gasteiger partial charge is 0.211 e. The third kappa shape index (κ3) is 4.64. The lowest BCUT2D eigenvalue weighted by Gasteiger charge is -2.34. The molecule has 2 fully saturated rings. The maximum Gasteiger partial charge on any atom is 0.211 e. The minimum absolute atomic E-state index is 0.0691. The van der Waals surface area contributed by atoms with Gasteiger partial charge < -0.3 is 9.80 Å². The fraction of sp³-hybridized carbons (Fsp3) is 0.346. The molecule has 1 aromatic carbocycles. The summed E-state index contributed by atoms with van der Waals surface area (Å²) in [6.07, 6.45) is 4.97. The van der Waals surface area contributed by atoms with Crippen LogP contribution >= 0.6 is 0 Å². The molecule has 9 nitrogen and oxygen atoms in total. The van der Waals surface area contributed by atoms with E-state index in [1.54, 1.807) is 18.3 Å². The van der Waals surface area contributed by atoms with Crippen LogP contribution < -0.4 is 9.80 Å². The molecule has 11 heteroatoms. The number of nitrogens with zero attached hydrogens (tertiary/aromatic N) is 7. The number of hydrogen-bond acceptors (Lipinski definition) is 7. The maximum atomic E-state index is 13.9. The van der Waals surface area contributed by atoms with Gasteiger partial charge >= 0.3 is 0 Å². The number of benzene rings is 1. The molecule has 0 amide bonds. The monoisotopic (exact) mass is 521 g/mol. The fourth-order valence-electron chi connectivity index (χ4n) is 5.28. The first-order valence-corrected chi connectivity index (χ1v) is 14.3. The zero-order valence-electron chi connectivity index (χ0n) is 20.5. The highest BCUT2D eigenvalue weighted by atomic mass is 32.2. The van der Waals surface area contributed by atoms with Gasteiger partial charge in [0.2, 0.25) is 10.0 Å². The average Bonchev–Trinajstić information content (AvgIpc) is 3.56. The van der Waals surface area contributed by atoms with Gasteiger partial charge in [-0.1, -0.05) is 18.2 Å². The van der Waals surface area contributed by atoms with Gasteiger partial charge in [0.05, 0.1) is 24.2 Å². The van der Waals surface area contributed by atoms with Gasteiger partial charge in [-0.15, -0.1) is 5.10 Å². The Balaban J connectivity index is 1.29. The molecule has 2 saturated heterocycles. The molecule has 0 bridgehead atoms. The number of piperazine rings is 1. The molecule has 0 N–H and O–H groups in total. The van der Waals surface area contributed by atoms with Crippen LogP contribution in [0.2, 0.25) is 0 Å². The average molecular weight is 522 g/mol. The van der Waals surface area contributed by atoms with Crippen molar-refractivity contribution >= 4 is 27.3 Å². The van der Waals surface area contributed by atoms with Crippen molar-refractivity contribution in [3.8, 4) is 11.4 Å². The second-order valence-electron chi connectivity index (χ2n) is 9.54. The van der Waals surface area contributed by atoms with Crippen LogP contribution in [-0.4, -0.2) is 71.3 Å². The SMILES string of the molecule is CS(=O)(=O)N1CCN(c2cccc(-c3cnc4ccc(N5CCCC5c5cccc(F)c5)nn34)n2)CC1. The predicted octanol–water partition coefficient (Wildman–Crippen LogP) is 3.35. The Morgan fingerprint density at radius 3 is 2.54 bits per heavy atom. The molecule has 0 radical (unpaired) electrons. The maximum absolute atomic E-state index is 13.9. The molecule has 4 aromatic rings. The number of fused-ring (bicyclic) bond motifs is 1. The highest BCUT2D eigenvalue weighted by Gasteiger charge is 2.28. The fourth-order valence-corrected chi connectivity index (χ4v) is 6.11. The molecule has 0 saturated carbocycles. The summed E-state index contributed by atoms with van der Waals surface area (Å²) < 4.78 is 40.9. The third-order valence-electron chi connectivity index (χ3n) is 7.16. The highest BCUT2D eigenvalue weighted by molar-refractivity contribution is 7.88. The van der Waals surface area contributed by atoms with Gasteiger partial charge in [0, 0.05) is 32.7 Å². The molecule has 192 valence electrons. The van der Waals surface area contributed by atoms with Crippen LogP contribution in [0.1, 0.15) is 24.4 Å². The van der Waals surface area contributed by atoms with Crippen LogP contribution in [0.4, 0.5) is 16.0 Å². The Morgan fingerprint density at radius 1 is 0.946 bits per heavy atom. The Hall–Kier alpha value is -3.57. The summed E-state index contributed by atoms with van der Waals surface area (Å²) in [6, 6.07) is 16.6. The minimum atomic E-state index is -3.19. The van der Waals surface area contributed by atoms with Gasteiger partial charge in [-0.2, -0.15) is 4.31 Å². The van der Waals surface area contributed by atoms with Crippen molar-refractivity contribution in [2.45, 2.75) is 18.9 Å².